The smallest absolute Gasteiger partial charge is 0.336 e. The van der Waals surface area contributed by atoms with E-state index in [0.29, 0.717) is 25.1 Å². The fourth-order valence-electron chi connectivity index (χ4n) is 3.43. The maximum Gasteiger partial charge on any atom is 0.336 e. The lowest BCUT2D eigenvalue weighted by Crippen LogP contribution is -2.20. The Morgan fingerprint density at radius 1 is 1.29 bits per heavy atom. The van der Waals surface area contributed by atoms with Crippen LogP contribution >= 0.6 is 0 Å². The molecular weight excluding hydrogens is 396 g/mol. The van der Waals surface area contributed by atoms with E-state index in [4.69, 9.17) is 15.2 Å². The van der Waals surface area contributed by atoms with Crippen LogP contribution < -0.4 is 20.5 Å². The minimum atomic E-state index is -0.156. The first kappa shape index (κ1) is 22.8. The third-order valence-electron chi connectivity index (χ3n) is 5.01. The van der Waals surface area contributed by atoms with E-state index in [1.807, 2.05) is 26.1 Å². The van der Waals surface area contributed by atoms with Crippen LogP contribution in [0.5, 0.6) is 11.8 Å². The van der Waals surface area contributed by atoms with Crippen LogP contribution in [-0.2, 0) is 6.42 Å². The largest absolute Gasteiger partial charge is 0.492 e. The second kappa shape index (κ2) is 10.9. The van der Waals surface area contributed by atoms with Gasteiger partial charge in [-0.3, -0.25) is 0 Å². The topological polar surface area (TPSA) is 120 Å². The van der Waals surface area contributed by atoms with Gasteiger partial charge in [0.15, 0.2) is 11.5 Å². The van der Waals surface area contributed by atoms with Gasteiger partial charge in [-0.1, -0.05) is 25.5 Å². The number of aliphatic hydroxyl groups is 1. The molecular formula is C22H32N6O3. The normalized spacial score (nSPS) is 12.3. The van der Waals surface area contributed by atoms with Gasteiger partial charge in [0.05, 0.1) is 11.9 Å². The number of aromatic nitrogens is 4. The van der Waals surface area contributed by atoms with Gasteiger partial charge in [0.1, 0.15) is 18.5 Å². The monoisotopic (exact) mass is 428 g/mol. The highest BCUT2D eigenvalue weighted by molar-refractivity contribution is 5.59. The molecule has 9 nitrogen and oxygen atoms in total. The van der Waals surface area contributed by atoms with Crippen LogP contribution in [0.2, 0.25) is 0 Å². The predicted octanol–water partition coefficient (Wildman–Crippen LogP) is 2.13. The molecule has 0 saturated carbocycles. The van der Waals surface area contributed by atoms with Gasteiger partial charge in [0.2, 0.25) is 0 Å². The molecule has 0 aliphatic rings. The summed E-state index contributed by atoms with van der Waals surface area (Å²) in [6.07, 6.45) is 4.50. The molecule has 1 unspecified atom stereocenters. The number of hydrogen-bond acceptors (Lipinski definition) is 8. The lowest BCUT2D eigenvalue weighted by atomic mass is 10.1. The van der Waals surface area contributed by atoms with Gasteiger partial charge in [0.25, 0.3) is 0 Å². The number of rotatable bonds is 12. The van der Waals surface area contributed by atoms with Crippen molar-refractivity contribution in [1.82, 2.24) is 24.9 Å². The summed E-state index contributed by atoms with van der Waals surface area (Å²) in [7, 11) is 1.90. The van der Waals surface area contributed by atoms with Crippen molar-refractivity contribution in [1.29, 1.82) is 0 Å². The zero-order chi connectivity index (χ0) is 22.2. The number of likely N-dealkylation sites (N-methyl/N-ethyl adjacent to an activating group) is 1. The Kier molecular flexibility index (Phi) is 8.02. The Bertz CT molecular complexity index is 985. The Labute approximate surface area is 182 Å². The highest BCUT2D eigenvalue weighted by Crippen LogP contribution is 2.22. The van der Waals surface area contributed by atoms with E-state index in [0.717, 1.165) is 42.0 Å². The first-order valence-corrected chi connectivity index (χ1v) is 10.7. The molecule has 9 heteroatoms. The number of nitrogens with two attached hydrogens (primary N) is 1. The minimum Gasteiger partial charge on any atom is -0.492 e. The van der Waals surface area contributed by atoms with Gasteiger partial charge in [-0.2, -0.15) is 4.98 Å². The number of nitrogens with one attached hydrogen (secondary N) is 1. The highest BCUT2D eigenvalue weighted by atomic mass is 16.5. The quantitative estimate of drug-likeness (QED) is 0.375. The molecule has 1 aromatic carbocycles. The molecule has 0 saturated heterocycles. The molecule has 168 valence electrons. The van der Waals surface area contributed by atoms with Gasteiger partial charge < -0.3 is 25.6 Å². The van der Waals surface area contributed by atoms with Crippen LogP contribution in [0.15, 0.2) is 24.4 Å². The van der Waals surface area contributed by atoms with Gasteiger partial charge in [-0.15, -0.1) is 5.10 Å². The van der Waals surface area contributed by atoms with Gasteiger partial charge in [-0.25, -0.2) is 9.50 Å². The summed E-state index contributed by atoms with van der Waals surface area (Å²) < 4.78 is 13.4. The molecule has 0 radical (unpaired) electrons. The van der Waals surface area contributed by atoms with Crippen LogP contribution in [0.3, 0.4) is 0 Å². The van der Waals surface area contributed by atoms with Crippen molar-refractivity contribution < 1.29 is 14.6 Å². The first-order chi connectivity index (χ1) is 15.0. The second-order valence-electron chi connectivity index (χ2n) is 7.53. The number of nitrogen functional groups attached to an aromatic ring is 1. The molecule has 0 aliphatic heterocycles. The maximum atomic E-state index is 9.27. The van der Waals surface area contributed by atoms with E-state index in [1.165, 1.54) is 0 Å². The second-order valence-corrected chi connectivity index (χ2v) is 7.53. The number of ether oxygens (including phenoxy) is 2. The maximum absolute atomic E-state index is 9.27. The molecule has 0 bridgehead atoms. The molecule has 0 fully saturated rings. The standard InChI is InChI=1S/C22H32N6O3/c1-4-5-18(8-10-29)31-22-26-20(23)21-25-14-17(28(21)27-22)13-16-6-7-19(15(2)12-16)30-11-9-24-3/h6-7,12,14,18,24,29H,4-5,8-11,13H2,1-3H3,(H2,23,26,27). The number of aryl methyl sites for hydroxylation is 1. The molecule has 0 spiro atoms. The van der Waals surface area contributed by atoms with E-state index in [-0.39, 0.29) is 24.5 Å². The average Bonchev–Trinajstić information content (AvgIpc) is 3.13. The van der Waals surface area contributed by atoms with Crippen molar-refractivity contribution in [3.8, 4) is 11.8 Å². The SMILES string of the molecule is CCCC(CCO)Oc1nc(N)c2ncc(Cc3ccc(OCCNC)c(C)c3)n2n1. The molecule has 0 aliphatic carbocycles. The molecule has 2 aromatic heterocycles. The van der Waals surface area contributed by atoms with Crippen LogP contribution in [0.25, 0.3) is 5.65 Å². The van der Waals surface area contributed by atoms with Crippen LogP contribution in [0.1, 0.15) is 43.0 Å². The number of imidazole rings is 1. The summed E-state index contributed by atoms with van der Waals surface area (Å²) in [6.45, 7) is 5.57. The summed E-state index contributed by atoms with van der Waals surface area (Å²) >= 11 is 0. The molecule has 3 rings (SSSR count). The lowest BCUT2D eigenvalue weighted by Gasteiger charge is -2.16. The molecule has 31 heavy (non-hydrogen) atoms. The fourth-order valence-corrected chi connectivity index (χ4v) is 3.43. The third-order valence-corrected chi connectivity index (χ3v) is 5.01. The number of anilines is 1. The number of aliphatic hydroxyl groups excluding tert-OH is 1. The van der Waals surface area contributed by atoms with E-state index in [9.17, 15) is 5.11 Å². The molecule has 3 aromatic rings. The Balaban J connectivity index is 1.81. The van der Waals surface area contributed by atoms with Crippen molar-refractivity contribution >= 4 is 11.5 Å². The van der Waals surface area contributed by atoms with Crippen LogP contribution in [0.4, 0.5) is 5.82 Å². The number of benzene rings is 1. The Hall–Kier alpha value is -2.91. The van der Waals surface area contributed by atoms with Crippen molar-refractivity contribution in [2.75, 3.05) is 32.5 Å². The summed E-state index contributed by atoms with van der Waals surface area (Å²) in [5, 5.41) is 16.9. The number of nitrogens with zero attached hydrogens (tertiary/aromatic N) is 4. The molecule has 1 atom stereocenters. The number of hydrogen-bond donors (Lipinski definition) is 3. The summed E-state index contributed by atoms with van der Waals surface area (Å²) in [5.41, 5.74) is 9.68. The summed E-state index contributed by atoms with van der Waals surface area (Å²) in [5.74, 6) is 1.14. The summed E-state index contributed by atoms with van der Waals surface area (Å²) in [6, 6.07) is 6.34. The van der Waals surface area contributed by atoms with Crippen molar-refractivity contribution in [2.24, 2.45) is 0 Å². The fraction of sp³-hybridized carbons (Fsp3) is 0.500. The number of fused-ring (bicyclic) bond motifs is 1. The van der Waals surface area contributed by atoms with E-state index >= 15 is 0 Å². The van der Waals surface area contributed by atoms with Gasteiger partial charge in [-0.05, 0) is 37.6 Å². The van der Waals surface area contributed by atoms with Crippen LogP contribution in [0, 0.1) is 6.92 Å². The summed E-state index contributed by atoms with van der Waals surface area (Å²) in [4.78, 5) is 8.63. The third kappa shape index (κ3) is 5.83. The predicted molar refractivity (Wildman–Crippen MR) is 120 cm³/mol. The first-order valence-electron chi connectivity index (χ1n) is 10.7. The van der Waals surface area contributed by atoms with E-state index in [2.05, 4.69) is 33.4 Å². The highest BCUT2D eigenvalue weighted by Gasteiger charge is 2.16. The molecule has 4 N–H and O–H groups in total. The molecule has 2 heterocycles. The average molecular weight is 429 g/mol. The minimum absolute atomic E-state index is 0.0483. The van der Waals surface area contributed by atoms with E-state index < -0.39 is 0 Å². The van der Waals surface area contributed by atoms with Crippen molar-refractivity contribution in [2.45, 2.75) is 45.6 Å². The van der Waals surface area contributed by atoms with E-state index in [1.54, 1.807) is 10.7 Å². The van der Waals surface area contributed by atoms with Gasteiger partial charge >= 0.3 is 6.01 Å². The molecule has 0 amide bonds. The van der Waals surface area contributed by atoms with Gasteiger partial charge in [0, 0.05) is 26.0 Å². The lowest BCUT2D eigenvalue weighted by molar-refractivity contribution is 0.133. The van der Waals surface area contributed by atoms with Crippen molar-refractivity contribution in [3.63, 3.8) is 0 Å². The zero-order valence-corrected chi connectivity index (χ0v) is 18.5. The Morgan fingerprint density at radius 3 is 2.84 bits per heavy atom. The van der Waals surface area contributed by atoms with Crippen molar-refractivity contribution in [3.05, 3.63) is 41.2 Å². The van der Waals surface area contributed by atoms with Crippen LogP contribution in [-0.4, -0.2) is 57.6 Å². The zero-order valence-electron chi connectivity index (χ0n) is 18.5. The Morgan fingerprint density at radius 2 is 2.13 bits per heavy atom.